The number of thiazole rings is 1. The molecule has 1 aliphatic carbocycles. The molecule has 2 rings (SSSR count). The van der Waals surface area contributed by atoms with Crippen molar-refractivity contribution in [2.45, 2.75) is 58.3 Å². The Morgan fingerprint density at radius 3 is 2.58 bits per heavy atom. The minimum atomic E-state index is 0.112. The van der Waals surface area contributed by atoms with Gasteiger partial charge >= 0.3 is 0 Å². The molecule has 2 nitrogen and oxygen atoms in total. The molecule has 1 aromatic rings. The second-order valence-corrected chi connectivity index (χ2v) is 7.40. The van der Waals surface area contributed by atoms with Crippen LogP contribution in [0.15, 0.2) is 11.0 Å². The number of aliphatic hydroxyl groups is 1. The van der Waals surface area contributed by atoms with Gasteiger partial charge in [0, 0.05) is 10.8 Å². The van der Waals surface area contributed by atoms with Crippen LogP contribution < -0.4 is 0 Å². The molecule has 0 radical (unpaired) electrons. The Morgan fingerprint density at radius 2 is 2.05 bits per heavy atom. The lowest BCUT2D eigenvalue weighted by atomic mass is 9.83. The summed E-state index contributed by atoms with van der Waals surface area (Å²) >= 11 is 1.72. The van der Waals surface area contributed by atoms with Crippen molar-refractivity contribution in [2.24, 2.45) is 5.92 Å². The number of nitrogens with zero attached hydrogens (tertiary/aromatic N) is 1. The van der Waals surface area contributed by atoms with E-state index in [0.717, 1.165) is 5.69 Å². The predicted molar refractivity (Wildman–Crippen MR) is 82.5 cm³/mol. The van der Waals surface area contributed by atoms with E-state index < -0.39 is 0 Å². The third kappa shape index (κ3) is 3.90. The lowest BCUT2D eigenvalue weighted by molar-refractivity contribution is 0.295. The normalized spacial score (nSPS) is 18.8. The monoisotopic (exact) mass is 279 g/mol. The zero-order chi connectivity index (χ0) is 13.9. The topological polar surface area (TPSA) is 33.1 Å². The molecular formula is C16H25NOS. The number of aromatic nitrogens is 1. The van der Waals surface area contributed by atoms with E-state index in [1.165, 1.54) is 42.7 Å². The number of hydrogen-bond acceptors (Lipinski definition) is 3. The first-order chi connectivity index (χ1) is 9.00. The fourth-order valence-electron chi connectivity index (χ4n) is 2.65. The minimum absolute atomic E-state index is 0.112. The summed E-state index contributed by atoms with van der Waals surface area (Å²) in [5.74, 6) is 0.568. The highest BCUT2D eigenvalue weighted by atomic mass is 32.1. The average molecular weight is 279 g/mol. The van der Waals surface area contributed by atoms with Gasteiger partial charge < -0.3 is 5.11 Å². The number of aliphatic hydroxyl groups excluding tert-OH is 1. The van der Waals surface area contributed by atoms with Gasteiger partial charge in [0.15, 0.2) is 0 Å². The molecular weight excluding hydrogens is 254 g/mol. The van der Waals surface area contributed by atoms with E-state index in [0.29, 0.717) is 5.92 Å². The Balaban J connectivity index is 2.15. The Bertz CT molecular complexity index is 436. The van der Waals surface area contributed by atoms with Gasteiger partial charge in [-0.15, -0.1) is 11.3 Å². The van der Waals surface area contributed by atoms with Gasteiger partial charge in [0.25, 0.3) is 0 Å². The first kappa shape index (κ1) is 14.7. The van der Waals surface area contributed by atoms with Crippen LogP contribution in [0.25, 0.3) is 6.08 Å². The van der Waals surface area contributed by atoms with Gasteiger partial charge in [-0.25, -0.2) is 4.98 Å². The van der Waals surface area contributed by atoms with Crippen molar-refractivity contribution in [3.05, 3.63) is 21.7 Å². The largest absolute Gasteiger partial charge is 0.392 e. The van der Waals surface area contributed by atoms with Gasteiger partial charge in [-0.3, -0.25) is 0 Å². The summed E-state index contributed by atoms with van der Waals surface area (Å²) in [6, 6.07) is 0. The van der Waals surface area contributed by atoms with E-state index in [2.05, 4.69) is 32.2 Å². The summed E-state index contributed by atoms with van der Waals surface area (Å²) in [5, 5.41) is 12.9. The number of hydrogen-bond donors (Lipinski definition) is 1. The summed E-state index contributed by atoms with van der Waals surface area (Å²) in [7, 11) is 0. The SMILES string of the molecule is CC(C)(C)c1nc(/C=C(/CO)C2CCCCC2)cs1. The lowest BCUT2D eigenvalue weighted by Crippen LogP contribution is -2.12. The second kappa shape index (κ2) is 6.19. The van der Waals surface area contributed by atoms with Gasteiger partial charge in [-0.2, -0.15) is 0 Å². The van der Waals surface area contributed by atoms with E-state index >= 15 is 0 Å². The summed E-state index contributed by atoms with van der Waals surface area (Å²) in [6.45, 7) is 6.74. The zero-order valence-electron chi connectivity index (χ0n) is 12.3. The van der Waals surface area contributed by atoms with Crippen molar-refractivity contribution in [3.63, 3.8) is 0 Å². The highest BCUT2D eigenvalue weighted by molar-refractivity contribution is 7.09. The molecule has 1 fully saturated rings. The molecule has 0 aromatic carbocycles. The van der Waals surface area contributed by atoms with Crippen LogP contribution in [0.2, 0.25) is 0 Å². The molecule has 0 aliphatic heterocycles. The predicted octanol–water partition coefficient (Wildman–Crippen LogP) is 4.40. The molecule has 0 atom stereocenters. The van der Waals surface area contributed by atoms with Crippen molar-refractivity contribution >= 4 is 17.4 Å². The molecule has 0 unspecified atom stereocenters. The molecule has 0 saturated heterocycles. The summed E-state index contributed by atoms with van der Waals surface area (Å²) < 4.78 is 0. The second-order valence-electron chi connectivity index (χ2n) is 6.54. The molecule has 106 valence electrons. The van der Waals surface area contributed by atoms with Gasteiger partial charge in [0.1, 0.15) is 0 Å². The van der Waals surface area contributed by atoms with Crippen LogP contribution in [-0.4, -0.2) is 16.7 Å². The van der Waals surface area contributed by atoms with Crippen molar-refractivity contribution in [2.75, 3.05) is 6.61 Å². The molecule has 1 heterocycles. The van der Waals surface area contributed by atoms with Crippen LogP contribution in [0, 0.1) is 5.92 Å². The fourth-order valence-corrected chi connectivity index (χ4v) is 3.52. The van der Waals surface area contributed by atoms with E-state index in [4.69, 9.17) is 4.98 Å². The molecule has 0 amide bonds. The third-order valence-corrected chi connectivity index (χ3v) is 5.10. The first-order valence-electron chi connectivity index (χ1n) is 7.28. The van der Waals surface area contributed by atoms with Crippen LogP contribution >= 0.6 is 11.3 Å². The summed E-state index contributed by atoms with van der Waals surface area (Å²) in [5.41, 5.74) is 2.30. The van der Waals surface area contributed by atoms with Crippen LogP contribution in [0.3, 0.4) is 0 Å². The van der Waals surface area contributed by atoms with E-state index in [-0.39, 0.29) is 12.0 Å². The summed E-state index contributed by atoms with van der Waals surface area (Å²) in [4.78, 5) is 4.70. The maximum atomic E-state index is 9.61. The van der Waals surface area contributed by atoms with Crippen molar-refractivity contribution in [3.8, 4) is 0 Å². The van der Waals surface area contributed by atoms with E-state index in [1.54, 1.807) is 11.3 Å². The molecule has 3 heteroatoms. The minimum Gasteiger partial charge on any atom is -0.392 e. The van der Waals surface area contributed by atoms with Crippen molar-refractivity contribution in [1.29, 1.82) is 0 Å². The van der Waals surface area contributed by atoms with Gasteiger partial charge in [0.05, 0.1) is 17.3 Å². The lowest BCUT2D eigenvalue weighted by Gasteiger charge is -2.23. The molecule has 0 spiro atoms. The Hall–Kier alpha value is -0.670. The highest BCUT2D eigenvalue weighted by Gasteiger charge is 2.20. The first-order valence-corrected chi connectivity index (χ1v) is 8.16. The van der Waals surface area contributed by atoms with Crippen LogP contribution in [0.1, 0.15) is 63.6 Å². The third-order valence-electron chi connectivity index (χ3n) is 3.81. The van der Waals surface area contributed by atoms with Gasteiger partial charge in [-0.05, 0) is 30.4 Å². The highest BCUT2D eigenvalue weighted by Crippen LogP contribution is 2.31. The Morgan fingerprint density at radius 1 is 1.37 bits per heavy atom. The van der Waals surface area contributed by atoms with Gasteiger partial charge in [-0.1, -0.05) is 40.0 Å². The van der Waals surface area contributed by atoms with E-state index in [9.17, 15) is 5.11 Å². The molecule has 1 saturated carbocycles. The fraction of sp³-hybridized carbons (Fsp3) is 0.688. The van der Waals surface area contributed by atoms with Crippen molar-refractivity contribution < 1.29 is 5.11 Å². The Labute approximate surface area is 120 Å². The summed E-state index contributed by atoms with van der Waals surface area (Å²) in [6.07, 6.45) is 8.51. The molecule has 1 aromatic heterocycles. The standard InChI is InChI=1S/C16H25NOS/c1-16(2,3)15-17-14(11-19-15)9-13(10-18)12-7-5-4-6-8-12/h9,11-12,18H,4-8,10H2,1-3H3/b13-9-. The number of rotatable bonds is 3. The van der Waals surface area contributed by atoms with Gasteiger partial charge in [0.2, 0.25) is 0 Å². The van der Waals surface area contributed by atoms with E-state index in [1.807, 2.05) is 0 Å². The van der Waals surface area contributed by atoms with Crippen LogP contribution in [-0.2, 0) is 5.41 Å². The maximum absolute atomic E-state index is 9.61. The smallest absolute Gasteiger partial charge is 0.0985 e. The Kier molecular flexibility index (Phi) is 4.80. The van der Waals surface area contributed by atoms with Crippen LogP contribution in [0.4, 0.5) is 0 Å². The molecule has 0 bridgehead atoms. The quantitative estimate of drug-likeness (QED) is 0.889. The molecule has 1 aliphatic rings. The molecule has 19 heavy (non-hydrogen) atoms. The zero-order valence-corrected chi connectivity index (χ0v) is 13.1. The van der Waals surface area contributed by atoms with Crippen molar-refractivity contribution in [1.82, 2.24) is 4.98 Å². The van der Waals surface area contributed by atoms with Crippen LogP contribution in [0.5, 0.6) is 0 Å². The maximum Gasteiger partial charge on any atom is 0.0985 e. The molecule has 1 N–H and O–H groups in total. The average Bonchev–Trinajstić information content (AvgIpc) is 2.85.